The second kappa shape index (κ2) is 5.58. The van der Waals surface area contributed by atoms with Crippen LogP contribution in [0, 0.1) is 12.8 Å². The molecular formula is C12H18N4OS. The molecule has 0 bridgehead atoms. The molecule has 0 saturated heterocycles. The molecule has 0 aliphatic heterocycles. The molecule has 0 aliphatic rings. The van der Waals surface area contributed by atoms with Crippen molar-refractivity contribution in [3.63, 3.8) is 0 Å². The van der Waals surface area contributed by atoms with E-state index in [1.165, 1.54) is 11.5 Å². The van der Waals surface area contributed by atoms with Crippen LogP contribution in [0.5, 0.6) is 0 Å². The average molecular weight is 266 g/mol. The summed E-state index contributed by atoms with van der Waals surface area (Å²) in [7, 11) is 1.71. The Bertz CT molecular complexity index is 526. The van der Waals surface area contributed by atoms with E-state index in [0.717, 1.165) is 21.7 Å². The Morgan fingerprint density at radius 3 is 2.83 bits per heavy atom. The predicted octanol–water partition coefficient (Wildman–Crippen LogP) is 2.48. The molecule has 0 spiro atoms. The van der Waals surface area contributed by atoms with Gasteiger partial charge in [-0.1, -0.05) is 13.8 Å². The molecule has 0 aromatic carbocycles. The maximum Gasteiger partial charge on any atom is 0.149 e. The zero-order valence-electron chi connectivity index (χ0n) is 11.1. The molecule has 0 amide bonds. The number of aryl methyl sites for hydroxylation is 1. The van der Waals surface area contributed by atoms with Gasteiger partial charge in [-0.05, 0) is 24.4 Å². The van der Waals surface area contributed by atoms with Gasteiger partial charge in [0, 0.05) is 7.11 Å². The second-order valence-corrected chi connectivity index (χ2v) is 5.37. The van der Waals surface area contributed by atoms with Gasteiger partial charge in [-0.15, -0.1) is 0 Å². The Kier molecular flexibility index (Phi) is 4.08. The first-order valence-electron chi connectivity index (χ1n) is 5.96. The minimum atomic E-state index is 0.229. The number of fused-ring (bicyclic) bond motifs is 1. The standard InChI is InChI=1S/C12H18N4OS/c1-7(2)9(5-17-4)15-11-10-8(3)16-18-12(10)14-6-13-11/h6-7,9H,5H2,1-4H3,(H,13,14,15). The Morgan fingerprint density at radius 2 is 2.17 bits per heavy atom. The third-order valence-corrected chi connectivity index (χ3v) is 3.76. The average Bonchev–Trinajstić information content (AvgIpc) is 2.71. The molecule has 2 heterocycles. The molecule has 0 fully saturated rings. The second-order valence-electron chi connectivity index (χ2n) is 4.62. The van der Waals surface area contributed by atoms with Gasteiger partial charge in [0.2, 0.25) is 0 Å². The lowest BCUT2D eigenvalue weighted by atomic mass is 10.1. The van der Waals surface area contributed by atoms with E-state index < -0.39 is 0 Å². The number of hydrogen-bond acceptors (Lipinski definition) is 6. The van der Waals surface area contributed by atoms with E-state index in [0.29, 0.717) is 12.5 Å². The summed E-state index contributed by atoms with van der Waals surface area (Å²) in [5.74, 6) is 1.31. The largest absolute Gasteiger partial charge is 0.383 e. The number of hydrogen-bond donors (Lipinski definition) is 1. The van der Waals surface area contributed by atoms with Crippen LogP contribution in [0.1, 0.15) is 19.5 Å². The molecule has 0 radical (unpaired) electrons. The van der Waals surface area contributed by atoms with Gasteiger partial charge < -0.3 is 10.1 Å². The van der Waals surface area contributed by atoms with Crippen LogP contribution >= 0.6 is 11.5 Å². The first kappa shape index (κ1) is 13.2. The monoisotopic (exact) mass is 266 g/mol. The fourth-order valence-electron chi connectivity index (χ4n) is 1.79. The van der Waals surface area contributed by atoms with Gasteiger partial charge in [0.15, 0.2) is 0 Å². The van der Waals surface area contributed by atoms with Crippen LogP contribution in [0.15, 0.2) is 6.33 Å². The van der Waals surface area contributed by atoms with Crippen LogP contribution in [-0.4, -0.2) is 34.1 Å². The summed E-state index contributed by atoms with van der Waals surface area (Å²) in [6.45, 7) is 6.95. The van der Waals surface area contributed by atoms with Crippen molar-refractivity contribution in [2.45, 2.75) is 26.8 Å². The third-order valence-electron chi connectivity index (χ3n) is 2.92. The van der Waals surface area contributed by atoms with Crippen LogP contribution in [0.4, 0.5) is 5.82 Å². The molecule has 0 saturated carbocycles. The number of methoxy groups -OCH3 is 1. The van der Waals surface area contributed by atoms with Crippen molar-refractivity contribution in [2.24, 2.45) is 5.92 Å². The van der Waals surface area contributed by atoms with Crippen LogP contribution in [0.25, 0.3) is 10.2 Å². The first-order chi connectivity index (χ1) is 8.63. The van der Waals surface area contributed by atoms with E-state index in [1.807, 2.05) is 6.92 Å². The van der Waals surface area contributed by atoms with Crippen LogP contribution in [0.2, 0.25) is 0 Å². The molecule has 5 nitrogen and oxygen atoms in total. The topological polar surface area (TPSA) is 59.9 Å². The lowest BCUT2D eigenvalue weighted by Crippen LogP contribution is -2.30. The summed E-state index contributed by atoms with van der Waals surface area (Å²) in [5, 5.41) is 4.46. The van der Waals surface area contributed by atoms with E-state index in [2.05, 4.69) is 33.5 Å². The number of ether oxygens (including phenoxy) is 1. The lowest BCUT2D eigenvalue weighted by Gasteiger charge is -2.22. The van der Waals surface area contributed by atoms with E-state index in [9.17, 15) is 0 Å². The summed E-state index contributed by atoms with van der Waals surface area (Å²) >= 11 is 1.40. The zero-order chi connectivity index (χ0) is 13.1. The van der Waals surface area contributed by atoms with Crippen molar-refractivity contribution in [2.75, 3.05) is 19.0 Å². The number of aromatic nitrogens is 3. The highest BCUT2D eigenvalue weighted by Crippen LogP contribution is 2.26. The number of anilines is 1. The fourth-order valence-corrected chi connectivity index (χ4v) is 2.53. The van der Waals surface area contributed by atoms with Crippen LogP contribution in [0.3, 0.4) is 0 Å². The van der Waals surface area contributed by atoms with Crippen LogP contribution < -0.4 is 5.32 Å². The number of nitrogens with zero attached hydrogens (tertiary/aromatic N) is 3. The fraction of sp³-hybridized carbons (Fsp3) is 0.583. The molecule has 18 heavy (non-hydrogen) atoms. The minimum absolute atomic E-state index is 0.229. The van der Waals surface area contributed by atoms with Gasteiger partial charge in [0.25, 0.3) is 0 Å². The molecule has 2 rings (SSSR count). The maximum atomic E-state index is 5.24. The van der Waals surface area contributed by atoms with E-state index in [1.54, 1.807) is 13.4 Å². The predicted molar refractivity (Wildman–Crippen MR) is 74.1 cm³/mol. The number of nitrogens with one attached hydrogen (secondary N) is 1. The zero-order valence-corrected chi connectivity index (χ0v) is 11.9. The minimum Gasteiger partial charge on any atom is -0.383 e. The van der Waals surface area contributed by atoms with Crippen molar-refractivity contribution < 1.29 is 4.74 Å². The molecule has 1 N–H and O–H groups in total. The van der Waals surface area contributed by atoms with E-state index in [-0.39, 0.29) is 6.04 Å². The Morgan fingerprint density at radius 1 is 1.39 bits per heavy atom. The SMILES string of the molecule is COCC(Nc1ncnc2snc(C)c12)C(C)C. The molecule has 0 aliphatic carbocycles. The van der Waals surface area contributed by atoms with Gasteiger partial charge in [-0.25, -0.2) is 9.97 Å². The van der Waals surface area contributed by atoms with Gasteiger partial charge in [-0.2, -0.15) is 4.37 Å². The molecular weight excluding hydrogens is 248 g/mol. The maximum absolute atomic E-state index is 5.24. The Balaban J connectivity index is 2.32. The molecule has 2 aromatic rings. The molecule has 1 atom stereocenters. The van der Waals surface area contributed by atoms with Crippen LogP contribution in [-0.2, 0) is 4.74 Å². The van der Waals surface area contributed by atoms with Gasteiger partial charge in [-0.3, -0.25) is 0 Å². The van der Waals surface area contributed by atoms with Crippen molar-refractivity contribution in [3.05, 3.63) is 12.0 Å². The normalized spacial score (nSPS) is 13.2. The molecule has 6 heteroatoms. The summed E-state index contributed by atoms with van der Waals surface area (Å²) < 4.78 is 9.56. The van der Waals surface area contributed by atoms with Crippen molar-refractivity contribution in [3.8, 4) is 0 Å². The Hall–Kier alpha value is -1.27. The highest BCUT2D eigenvalue weighted by Gasteiger charge is 2.17. The first-order valence-corrected chi connectivity index (χ1v) is 6.73. The summed E-state index contributed by atoms with van der Waals surface area (Å²) in [6, 6.07) is 0.229. The van der Waals surface area contributed by atoms with Gasteiger partial charge in [0.1, 0.15) is 17.0 Å². The highest BCUT2D eigenvalue weighted by molar-refractivity contribution is 7.13. The van der Waals surface area contributed by atoms with E-state index >= 15 is 0 Å². The van der Waals surface area contributed by atoms with Gasteiger partial charge >= 0.3 is 0 Å². The Labute approximate surface area is 111 Å². The van der Waals surface area contributed by atoms with Gasteiger partial charge in [0.05, 0.1) is 23.7 Å². The molecule has 98 valence electrons. The molecule has 1 unspecified atom stereocenters. The highest BCUT2D eigenvalue weighted by atomic mass is 32.1. The molecule has 2 aromatic heterocycles. The van der Waals surface area contributed by atoms with Crippen molar-refractivity contribution in [1.82, 2.24) is 14.3 Å². The third kappa shape index (κ3) is 2.59. The van der Waals surface area contributed by atoms with E-state index in [4.69, 9.17) is 4.74 Å². The lowest BCUT2D eigenvalue weighted by molar-refractivity contribution is 0.171. The van der Waals surface area contributed by atoms with Crippen molar-refractivity contribution in [1.29, 1.82) is 0 Å². The quantitative estimate of drug-likeness (QED) is 0.901. The summed E-state index contributed by atoms with van der Waals surface area (Å²) in [6.07, 6.45) is 1.58. The van der Waals surface area contributed by atoms with Crippen molar-refractivity contribution >= 4 is 27.6 Å². The smallest absolute Gasteiger partial charge is 0.149 e. The summed E-state index contributed by atoms with van der Waals surface area (Å²) in [4.78, 5) is 9.49. The number of rotatable bonds is 5. The summed E-state index contributed by atoms with van der Waals surface area (Å²) in [5.41, 5.74) is 0.970.